The van der Waals surface area contributed by atoms with Gasteiger partial charge in [-0.1, -0.05) is 23.3 Å². The Kier molecular flexibility index (Phi) is 9.12. The van der Waals surface area contributed by atoms with Gasteiger partial charge < -0.3 is 28.6 Å². The van der Waals surface area contributed by atoms with Gasteiger partial charge >= 0.3 is 6.09 Å². The van der Waals surface area contributed by atoms with Crippen LogP contribution in [0, 0.1) is 6.92 Å². The molecule has 2 aliphatic rings. The number of aromatic nitrogens is 5. The third-order valence-corrected chi connectivity index (χ3v) is 8.31. The molecule has 2 N–H and O–H groups in total. The number of ether oxygens (including phenoxy) is 3. The second kappa shape index (κ2) is 13.4. The van der Waals surface area contributed by atoms with Crippen molar-refractivity contribution in [1.82, 2.24) is 35.0 Å². The van der Waals surface area contributed by atoms with Crippen LogP contribution in [-0.2, 0) is 17.8 Å². The number of benzene rings is 2. The average molecular weight is 645 g/mol. The number of likely N-dealkylation sites (tertiary alicyclic amines) is 1. The van der Waals surface area contributed by atoms with Crippen LogP contribution in [0.15, 0.2) is 47.3 Å². The topological polar surface area (TPSA) is 157 Å². The minimum absolute atomic E-state index is 0.0162. The number of aromatic amines is 1. The minimum atomic E-state index is -0.625. The Morgan fingerprint density at radius 3 is 2.53 bits per heavy atom. The largest absolute Gasteiger partial charge is 0.486 e. The Hall–Kier alpha value is -4.98. The number of nitrogens with one attached hydrogen (secondary N) is 2. The number of pyridine rings is 1. The first kappa shape index (κ1) is 32.0. The van der Waals surface area contributed by atoms with Gasteiger partial charge in [-0.3, -0.25) is 14.9 Å². The fourth-order valence-corrected chi connectivity index (χ4v) is 6.03. The number of hydrogen-bond acceptors (Lipinski definition) is 10. The van der Waals surface area contributed by atoms with Gasteiger partial charge in [-0.25, -0.2) is 4.79 Å². The molecule has 0 spiro atoms. The van der Waals surface area contributed by atoms with E-state index in [0.717, 1.165) is 37.1 Å². The molecule has 2 aliphatic heterocycles. The molecular formula is C33H40N8O6. The van der Waals surface area contributed by atoms with Crippen molar-refractivity contribution in [2.45, 2.75) is 65.3 Å². The number of anilines is 1. The molecule has 0 saturated carbocycles. The maximum absolute atomic E-state index is 13.5. The van der Waals surface area contributed by atoms with Crippen molar-refractivity contribution >= 4 is 28.9 Å². The normalized spacial score (nSPS) is 15.4. The maximum Gasteiger partial charge on any atom is 0.410 e. The Labute approximate surface area is 272 Å². The summed E-state index contributed by atoms with van der Waals surface area (Å²) in [6.07, 6.45) is 1.17. The van der Waals surface area contributed by atoms with Crippen molar-refractivity contribution < 1.29 is 23.8 Å². The molecule has 1 fully saturated rings. The quantitative estimate of drug-likeness (QED) is 0.290. The van der Waals surface area contributed by atoms with E-state index in [-0.39, 0.29) is 29.2 Å². The minimum Gasteiger partial charge on any atom is -0.486 e. The van der Waals surface area contributed by atoms with E-state index < -0.39 is 11.5 Å². The lowest BCUT2D eigenvalue weighted by atomic mass is 10.0. The smallest absolute Gasteiger partial charge is 0.410 e. The van der Waals surface area contributed by atoms with Crippen LogP contribution in [0.3, 0.4) is 0 Å². The summed E-state index contributed by atoms with van der Waals surface area (Å²) < 4.78 is 19.0. The number of carbonyl (C=O) groups excluding carboxylic acids is 2. The van der Waals surface area contributed by atoms with Crippen molar-refractivity contribution in [1.29, 1.82) is 0 Å². The summed E-state index contributed by atoms with van der Waals surface area (Å²) in [6.45, 7) is 11.6. The Bertz CT molecular complexity index is 1810. The van der Waals surface area contributed by atoms with Gasteiger partial charge in [0.1, 0.15) is 18.8 Å². The number of amides is 2. The zero-order valence-corrected chi connectivity index (χ0v) is 27.1. The molecule has 47 heavy (non-hydrogen) atoms. The van der Waals surface area contributed by atoms with E-state index in [1.54, 1.807) is 4.57 Å². The van der Waals surface area contributed by atoms with Crippen LogP contribution in [0.25, 0.3) is 10.9 Å². The molecule has 0 atom stereocenters. The van der Waals surface area contributed by atoms with Gasteiger partial charge in [-0.05, 0) is 75.1 Å². The number of hydrogen-bond donors (Lipinski definition) is 2. The zero-order valence-electron chi connectivity index (χ0n) is 27.1. The number of aryl methyl sites for hydroxylation is 1. The van der Waals surface area contributed by atoms with Gasteiger partial charge in [-0.15, -0.1) is 5.10 Å². The number of H-pyrrole nitrogens is 1. The van der Waals surface area contributed by atoms with E-state index >= 15 is 0 Å². The molecule has 0 radical (unpaired) electrons. The predicted octanol–water partition coefficient (Wildman–Crippen LogP) is 3.75. The van der Waals surface area contributed by atoms with Crippen LogP contribution >= 0.6 is 0 Å². The number of carbonyl (C=O) groups is 2. The van der Waals surface area contributed by atoms with Crippen LogP contribution in [0.4, 0.5) is 10.7 Å². The van der Waals surface area contributed by atoms with Crippen molar-refractivity contribution in [3.05, 3.63) is 69.5 Å². The Morgan fingerprint density at radius 2 is 1.81 bits per heavy atom. The molecule has 14 nitrogen and oxygen atoms in total. The van der Waals surface area contributed by atoms with Crippen molar-refractivity contribution in [3.63, 3.8) is 0 Å². The molecule has 2 aromatic heterocycles. The van der Waals surface area contributed by atoms with E-state index in [9.17, 15) is 14.4 Å². The third-order valence-electron chi connectivity index (χ3n) is 8.31. The van der Waals surface area contributed by atoms with Crippen LogP contribution in [0.1, 0.15) is 55.1 Å². The summed E-state index contributed by atoms with van der Waals surface area (Å²) in [6, 6.07) is 12.8. The summed E-state index contributed by atoms with van der Waals surface area (Å²) in [7, 11) is 0. The second-order valence-electron chi connectivity index (χ2n) is 12.9. The summed E-state index contributed by atoms with van der Waals surface area (Å²) >= 11 is 0. The van der Waals surface area contributed by atoms with Gasteiger partial charge in [0.15, 0.2) is 11.5 Å². The first-order valence-corrected chi connectivity index (χ1v) is 15.8. The molecule has 4 aromatic rings. The standard InChI is InChI=1S/C33H40N8O6/c1-21-5-7-24-25(30(43)34-31-35-37-38-36-31)19-29(42)40(26(24)17-21)14-13-39-11-9-23(10-12-39)41(32(44)47-33(2,3)4)20-22-6-8-27-28(18-22)46-16-15-45-27/h5-8,17-19,23H,9-16,20H2,1-4H3,(H2,34,35,36,37,38,43). The SMILES string of the molecule is Cc1ccc2c(C(=O)Nc3nn[nH]n3)cc(=O)n(CCN3CCC(N(Cc4ccc5c(c4)OCCO5)C(=O)OC(C)(C)C)CC3)c2c1. The van der Waals surface area contributed by atoms with Crippen molar-refractivity contribution in [3.8, 4) is 11.5 Å². The number of tetrazole rings is 1. The van der Waals surface area contributed by atoms with Crippen LogP contribution in [0.5, 0.6) is 11.5 Å². The van der Waals surface area contributed by atoms with E-state index in [2.05, 4.69) is 30.8 Å². The highest BCUT2D eigenvalue weighted by Crippen LogP contribution is 2.32. The van der Waals surface area contributed by atoms with Crippen LogP contribution < -0.4 is 20.3 Å². The van der Waals surface area contributed by atoms with E-state index in [1.807, 2.05) is 69.0 Å². The molecule has 0 unspecified atom stereocenters. The molecule has 0 bridgehead atoms. The summed E-state index contributed by atoms with van der Waals surface area (Å²) in [5, 5.41) is 16.5. The zero-order chi connectivity index (χ0) is 33.1. The molecule has 14 heteroatoms. The number of nitrogens with zero attached hydrogens (tertiary/aromatic N) is 6. The third kappa shape index (κ3) is 7.54. The maximum atomic E-state index is 13.5. The molecule has 2 amide bonds. The first-order valence-electron chi connectivity index (χ1n) is 15.8. The summed E-state index contributed by atoms with van der Waals surface area (Å²) in [5.41, 5.74) is 1.95. The Morgan fingerprint density at radius 1 is 1.04 bits per heavy atom. The molecule has 4 heterocycles. The molecule has 0 aliphatic carbocycles. The van der Waals surface area contributed by atoms with Crippen molar-refractivity contribution in [2.24, 2.45) is 0 Å². The van der Waals surface area contributed by atoms with Gasteiger partial charge in [-0.2, -0.15) is 5.21 Å². The molecule has 1 saturated heterocycles. The van der Waals surface area contributed by atoms with E-state index in [1.165, 1.54) is 6.07 Å². The fourth-order valence-electron chi connectivity index (χ4n) is 6.03. The van der Waals surface area contributed by atoms with Gasteiger partial charge in [0.25, 0.3) is 17.4 Å². The molecule has 248 valence electrons. The average Bonchev–Trinajstić information content (AvgIpc) is 3.55. The summed E-state index contributed by atoms with van der Waals surface area (Å²) in [4.78, 5) is 44.0. The number of piperidine rings is 1. The van der Waals surface area contributed by atoms with Crippen molar-refractivity contribution in [2.75, 3.05) is 38.2 Å². The van der Waals surface area contributed by atoms with Crippen LogP contribution in [-0.4, -0.2) is 91.5 Å². The highest BCUT2D eigenvalue weighted by atomic mass is 16.6. The lowest BCUT2D eigenvalue weighted by molar-refractivity contribution is 0.00562. The van der Waals surface area contributed by atoms with Gasteiger partial charge in [0, 0.05) is 50.2 Å². The molecule has 2 aromatic carbocycles. The van der Waals surface area contributed by atoms with Crippen LogP contribution in [0.2, 0.25) is 0 Å². The van der Waals surface area contributed by atoms with E-state index in [0.29, 0.717) is 55.2 Å². The summed E-state index contributed by atoms with van der Waals surface area (Å²) in [5.74, 6) is 0.934. The monoisotopic (exact) mass is 644 g/mol. The predicted molar refractivity (Wildman–Crippen MR) is 174 cm³/mol. The first-order chi connectivity index (χ1) is 22.5. The second-order valence-corrected chi connectivity index (χ2v) is 12.9. The molecular weight excluding hydrogens is 604 g/mol. The van der Waals surface area contributed by atoms with Gasteiger partial charge in [0.05, 0.1) is 11.1 Å². The lowest BCUT2D eigenvalue weighted by Gasteiger charge is -2.39. The number of rotatable bonds is 8. The Balaban J connectivity index is 1.14. The van der Waals surface area contributed by atoms with Gasteiger partial charge in [0.2, 0.25) is 0 Å². The fraction of sp³-hybridized carbons (Fsp3) is 0.455. The molecule has 6 rings (SSSR count). The highest BCUT2D eigenvalue weighted by molar-refractivity contribution is 6.11. The highest BCUT2D eigenvalue weighted by Gasteiger charge is 2.32. The number of fused-ring (bicyclic) bond motifs is 2. The van der Waals surface area contributed by atoms with E-state index in [4.69, 9.17) is 14.2 Å². The lowest BCUT2D eigenvalue weighted by Crippen LogP contribution is -2.49.